The number of halogens is 5. The highest BCUT2D eigenvalue weighted by atomic mass is 35.5. The number of hydrogen-bond acceptors (Lipinski definition) is 4. The van der Waals surface area contributed by atoms with Crippen LogP contribution in [0.15, 0.2) is 71.6 Å². The number of carbonyl (C=O) groups excluding carboxylic acids is 1. The van der Waals surface area contributed by atoms with Crippen molar-refractivity contribution in [1.82, 2.24) is 0 Å². The zero-order chi connectivity index (χ0) is 24.9. The molecule has 0 radical (unpaired) electrons. The van der Waals surface area contributed by atoms with E-state index in [0.29, 0.717) is 17.3 Å². The molecule has 0 saturated carbocycles. The lowest BCUT2D eigenvalue weighted by Gasteiger charge is -2.12. The fraction of sp³-hybridized carbons (Fsp3) is 0.136. The summed E-state index contributed by atoms with van der Waals surface area (Å²) in [6, 6.07) is 13.2. The molecule has 180 valence electrons. The molecule has 34 heavy (non-hydrogen) atoms. The Kier molecular flexibility index (Phi) is 8.11. The van der Waals surface area contributed by atoms with E-state index in [-0.39, 0.29) is 27.1 Å². The molecule has 0 heterocycles. The predicted molar refractivity (Wildman–Crippen MR) is 125 cm³/mol. The molecule has 1 amide bonds. The Morgan fingerprint density at radius 3 is 2.29 bits per heavy atom. The van der Waals surface area contributed by atoms with E-state index in [4.69, 9.17) is 11.6 Å². The normalized spacial score (nSPS) is 11.8. The molecule has 3 aromatic carbocycles. The first-order chi connectivity index (χ1) is 16.0. The monoisotopic (exact) mass is 532 g/mol. The van der Waals surface area contributed by atoms with E-state index in [1.807, 2.05) is 0 Å². The van der Waals surface area contributed by atoms with Crippen molar-refractivity contribution in [1.29, 1.82) is 0 Å². The molecule has 0 aliphatic rings. The molecule has 0 spiro atoms. The van der Waals surface area contributed by atoms with Gasteiger partial charge in [0.05, 0.1) is 16.2 Å². The van der Waals surface area contributed by atoms with Crippen LogP contribution in [-0.2, 0) is 26.7 Å². The SMILES string of the molecule is O=C(CSCc1c(F)cccc1Cl)Nc1ccc(S(=O)(=O)Nc2cccc(C(F)(F)F)c2)cc1. The topological polar surface area (TPSA) is 75.3 Å². The Hall–Kier alpha value is -2.76. The minimum atomic E-state index is -4.61. The number of nitrogens with one attached hydrogen (secondary N) is 2. The van der Waals surface area contributed by atoms with Gasteiger partial charge < -0.3 is 5.32 Å². The summed E-state index contributed by atoms with van der Waals surface area (Å²) in [5, 5.41) is 2.85. The fourth-order valence-corrected chi connectivity index (χ4v) is 5.02. The summed E-state index contributed by atoms with van der Waals surface area (Å²) in [7, 11) is -4.16. The minimum absolute atomic E-state index is 0.00180. The van der Waals surface area contributed by atoms with Gasteiger partial charge in [-0.2, -0.15) is 13.2 Å². The van der Waals surface area contributed by atoms with Crippen molar-refractivity contribution in [3.8, 4) is 0 Å². The smallest absolute Gasteiger partial charge is 0.325 e. The van der Waals surface area contributed by atoms with Crippen molar-refractivity contribution in [3.63, 3.8) is 0 Å². The zero-order valence-corrected chi connectivity index (χ0v) is 19.6. The van der Waals surface area contributed by atoms with Crippen LogP contribution in [0.3, 0.4) is 0 Å². The predicted octanol–water partition coefficient (Wildman–Crippen LogP) is 6.17. The molecule has 3 aromatic rings. The second kappa shape index (κ2) is 10.7. The Morgan fingerprint density at radius 1 is 0.971 bits per heavy atom. The van der Waals surface area contributed by atoms with Gasteiger partial charge in [-0.15, -0.1) is 11.8 Å². The Labute approximate surface area is 202 Å². The van der Waals surface area contributed by atoms with Gasteiger partial charge in [0.1, 0.15) is 5.82 Å². The molecule has 0 saturated heterocycles. The number of anilines is 2. The van der Waals surface area contributed by atoms with Crippen molar-refractivity contribution < 1.29 is 30.8 Å². The second-order valence-corrected chi connectivity index (χ2v) is 10.0. The lowest BCUT2D eigenvalue weighted by molar-refractivity contribution is -0.137. The van der Waals surface area contributed by atoms with E-state index < -0.39 is 33.5 Å². The number of benzene rings is 3. The number of sulfonamides is 1. The molecule has 0 atom stereocenters. The van der Waals surface area contributed by atoms with Crippen molar-refractivity contribution in [2.45, 2.75) is 16.8 Å². The summed E-state index contributed by atoms with van der Waals surface area (Å²) in [6.07, 6.45) is -4.61. The molecule has 3 rings (SSSR count). The maximum absolute atomic E-state index is 13.8. The molecule has 0 fully saturated rings. The van der Waals surface area contributed by atoms with Gasteiger partial charge in [0, 0.05) is 27.7 Å². The largest absolute Gasteiger partial charge is 0.416 e. The highest BCUT2D eigenvalue weighted by Gasteiger charge is 2.30. The maximum atomic E-state index is 13.8. The lowest BCUT2D eigenvalue weighted by atomic mass is 10.2. The summed E-state index contributed by atoms with van der Waals surface area (Å²) in [6.45, 7) is 0. The molecule has 2 N–H and O–H groups in total. The summed E-state index contributed by atoms with van der Waals surface area (Å²) in [5.41, 5.74) is -0.613. The lowest BCUT2D eigenvalue weighted by Crippen LogP contribution is -2.16. The van der Waals surface area contributed by atoms with Crippen LogP contribution in [0.1, 0.15) is 11.1 Å². The number of carbonyl (C=O) groups is 1. The van der Waals surface area contributed by atoms with Crippen LogP contribution in [0.2, 0.25) is 5.02 Å². The molecule has 5 nitrogen and oxygen atoms in total. The van der Waals surface area contributed by atoms with Crippen LogP contribution in [0.5, 0.6) is 0 Å². The van der Waals surface area contributed by atoms with Gasteiger partial charge in [-0.1, -0.05) is 23.7 Å². The average molecular weight is 533 g/mol. The third kappa shape index (κ3) is 6.87. The minimum Gasteiger partial charge on any atom is -0.325 e. The Bertz CT molecular complexity index is 1260. The molecular formula is C22H17ClF4N2O3S2. The van der Waals surface area contributed by atoms with Gasteiger partial charge in [0.2, 0.25) is 5.91 Å². The van der Waals surface area contributed by atoms with Crippen LogP contribution in [0.25, 0.3) is 0 Å². The van der Waals surface area contributed by atoms with E-state index in [2.05, 4.69) is 10.0 Å². The number of alkyl halides is 3. The van der Waals surface area contributed by atoms with E-state index >= 15 is 0 Å². The number of thioether (sulfide) groups is 1. The van der Waals surface area contributed by atoms with E-state index in [9.17, 15) is 30.8 Å². The molecular weight excluding hydrogens is 516 g/mol. The van der Waals surface area contributed by atoms with Crippen LogP contribution >= 0.6 is 23.4 Å². The van der Waals surface area contributed by atoms with E-state index in [1.54, 1.807) is 6.07 Å². The standard InChI is InChI=1S/C22H17ClF4N2O3S2/c23-19-5-2-6-20(24)18(19)12-33-13-21(30)28-15-7-9-17(10-8-15)34(31,32)29-16-4-1-3-14(11-16)22(25,26)27/h1-11,29H,12-13H2,(H,28,30). The van der Waals surface area contributed by atoms with Crippen molar-refractivity contribution in [2.75, 3.05) is 15.8 Å². The third-order valence-corrected chi connectivity index (χ3v) is 7.14. The second-order valence-electron chi connectivity index (χ2n) is 6.95. The van der Waals surface area contributed by atoms with Crippen molar-refractivity contribution in [3.05, 3.63) is 88.7 Å². The van der Waals surface area contributed by atoms with Crippen LogP contribution in [0.4, 0.5) is 28.9 Å². The number of hydrogen-bond donors (Lipinski definition) is 2. The Morgan fingerprint density at radius 2 is 1.65 bits per heavy atom. The van der Waals surface area contributed by atoms with Gasteiger partial charge in [0.15, 0.2) is 0 Å². The molecule has 0 aromatic heterocycles. The van der Waals surface area contributed by atoms with Gasteiger partial charge in [0.25, 0.3) is 10.0 Å². The van der Waals surface area contributed by atoms with Gasteiger partial charge in [-0.3, -0.25) is 9.52 Å². The fourth-order valence-electron chi connectivity index (χ4n) is 2.80. The number of amides is 1. The summed E-state index contributed by atoms with van der Waals surface area (Å²) in [5.74, 6) is -0.662. The van der Waals surface area contributed by atoms with Crippen molar-refractivity contribution in [2.24, 2.45) is 0 Å². The molecule has 0 unspecified atom stereocenters. The summed E-state index contributed by atoms with van der Waals surface area (Å²) < 4.78 is 79.4. The Balaban J connectivity index is 1.58. The number of rotatable bonds is 8. The van der Waals surface area contributed by atoms with Gasteiger partial charge >= 0.3 is 6.18 Å². The van der Waals surface area contributed by atoms with E-state index in [0.717, 1.165) is 23.9 Å². The first-order valence-corrected chi connectivity index (χ1v) is 12.6. The van der Waals surface area contributed by atoms with Crippen LogP contribution in [-0.4, -0.2) is 20.1 Å². The highest BCUT2D eigenvalue weighted by Crippen LogP contribution is 2.31. The molecule has 0 aliphatic heterocycles. The average Bonchev–Trinajstić information content (AvgIpc) is 2.75. The molecule has 0 aliphatic carbocycles. The van der Waals surface area contributed by atoms with Crippen molar-refractivity contribution >= 4 is 50.7 Å². The maximum Gasteiger partial charge on any atom is 0.416 e. The van der Waals surface area contributed by atoms with E-state index in [1.165, 1.54) is 42.5 Å². The third-order valence-electron chi connectivity index (χ3n) is 4.43. The molecule has 12 heteroatoms. The first-order valence-electron chi connectivity index (χ1n) is 9.56. The summed E-state index contributed by atoms with van der Waals surface area (Å²) >= 11 is 7.10. The molecule has 0 bridgehead atoms. The van der Waals surface area contributed by atoms with Gasteiger partial charge in [-0.05, 0) is 54.6 Å². The quantitative estimate of drug-likeness (QED) is 0.340. The van der Waals surface area contributed by atoms with Gasteiger partial charge in [-0.25, -0.2) is 12.8 Å². The summed E-state index contributed by atoms with van der Waals surface area (Å²) in [4.78, 5) is 11.9. The zero-order valence-electron chi connectivity index (χ0n) is 17.2. The van der Waals surface area contributed by atoms with Crippen LogP contribution < -0.4 is 10.0 Å². The first kappa shape index (κ1) is 25.9. The highest BCUT2D eigenvalue weighted by molar-refractivity contribution is 7.99. The van der Waals surface area contributed by atoms with Crippen LogP contribution in [0, 0.1) is 5.82 Å².